The fraction of sp³-hybridized carbons (Fsp3) is 0.333. The molecule has 0 aliphatic heterocycles. The number of hydrogen-bond acceptors (Lipinski definition) is 3. The Labute approximate surface area is 82.2 Å². The first-order valence-corrected chi connectivity index (χ1v) is 4.56. The molecule has 0 spiro atoms. The Bertz CT molecular complexity index is 376. The Morgan fingerprint density at radius 1 is 1.43 bits per heavy atom. The van der Waals surface area contributed by atoms with Crippen LogP contribution >= 0.6 is 0 Å². The van der Waals surface area contributed by atoms with Gasteiger partial charge in [0.1, 0.15) is 5.82 Å². The average Bonchev–Trinajstić information content (AvgIpc) is 2.78. The van der Waals surface area contributed by atoms with Gasteiger partial charge in [0.2, 0.25) is 0 Å². The molecule has 0 unspecified atom stereocenters. The van der Waals surface area contributed by atoms with Crippen LogP contribution in [-0.4, -0.2) is 26.1 Å². The van der Waals surface area contributed by atoms with Crippen molar-refractivity contribution in [3.05, 3.63) is 30.6 Å². The van der Waals surface area contributed by atoms with Crippen LogP contribution in [0.2, 0.25) is 0 Å². The number of hydrogen-bond donors (Lipinski definition) is 2. The van der Waals surface area contributed by atoms with Crippen LogP contribution in [0.15, 0.2) is 24.8 Å². The van der Waals surface area contributed by atoms with Crippen molar-refractivity contribution in [3.63, 3.8) is 0 Å². The molecule has 2 heterocycles. The van der Waals surface area contributed by atoms with Crippen LogP contribution in [0.5, 0.6) is 0 Å². The third-order valence-corrected chi connectivity index (χ3v) is 2.06. The average molecular weight is 191 g/mol. The lowest BCUT2D eigenvalue weighted by Crippen LogP contribution is -2.09. The Morgan fingerprint density at radius 3 is 3.00 bits per heavy atom. The van der Waals surface area contributed by atoms with E-state index >= 15 is 0 Å². The molecular formula is C9H13N5. The van der Waals surface area contributed by atoms with E-state index in [1.807, 2.05) is 24.0 Å². The number of aryl methyl sites for hydroxylation is 1. The summed E-state index contributed by atoms with van der Waals surface area (Å²) in [6, 6.07) is 0. The predicted molar refractivity (Wildman–Crippen MR) is 54.0 cm³/mol. The maximum absolute atomic E-state index is 4.23. The van der Waals surface area contributed by atoms with Crippen LogP contribution in [0.25, 0.3) is 0 Å². The number of imidazole rings is 2. The molecule has 0 atom stereocenters. The van der Waals surface area contributed by atoms with E-state index in [-0.39, 0.29) is 0 Å². The van der Waals surface area contributed by atoms with Gasteiger partial charge in [-0.15, -0.1) is 0 Å². The molecule has 0 saturated carbocycles. The van der Waals surface area contributed by atoms with Crippen molar-refractivity contribution in [2.75, 3.05) is 11.9 Å². The molecule has 5 heteroatoms. The summed E-state index contributed by atoms with van der Waals surface area (Å²) in [6.45, 7) is 0.832. The molecule has 74 valence electrons. The quantitative estimate of drug-likeness (QED) is 0.751. The first-order valence-electron chi connectivity index (χ1n) is 4.56. The van der Waals surface area contributed by atoms with Gasteiger partial charge in [0.15, 0.2) is 5.95 Å². The third-order valence-electron chi connectivity index (χ3n) is 2.06. The zero-order valence-electron chi connectivity index (χ0n) is 8.07. The molecule has 0 aliphatic carbocycles. The lowest BCUT2D eigenvalue weighted by atomic mass is 10.4. The molecule has 0 bridgehead atoms. The van der Waals surface area contributed by atoms with Crippen molar-refractivity contribution in [2.45, 2.75) is 6.42 Å². The number of nitrogens with one attached hydrogen (secondary N) is 2. The minimum atomic E-state index is 0.805. The number of anilines is 1. The molecular weight excluding hydrogens is 178 g/mol. The molecule has 14 heavy (non-hydrogen) atoms. The molecule has 2 aromatic heterocycles. The molecule has 0 aliphatic rings. The molecule has 0 fully saturated rings. The van der Waals surface area contributed by atoms with E-state index < -0.39 is 0 Å². The van der Waals surface area contributed by atoms with Gasteiger partial charge in [-0.1, -0.05) is 0 Å². The van der Waals surface area contributed by atoms with E-state index in [1.165, 1.54) is 0 Å². The smallest absolute Gasteiger partial charge is 0.200 e. The predicted octanol–water partition coefficient (Wildman–Crippen LogP) is 0.798. The van der Waals surface area contributed by atoms with Crippen molar-refractivity contribution < 1.29 is 0 Å². The van der Waals surface area contributed by atoms with Crippen LogP contribution < -0.4 is 5.32 Å². The summed E-state index contributed by atoms with van der Waals surface area (Å²) in [5.74, 6) is 1.88. The number of aromatic nitrogens is 4. The van der Waals surface area contributed by atoms with Crippen LogP contribution in [0.1, 0.15) is 5.82 Å². The summed E-state index contributed by atoms with van der Waals surface area (Å²) in [6.07, 6.45) is 8.17. The Hall–Kier alpha value is -1.78. The van der Waals surface area contributed by atoms with Gasteiger partial charge in [0.25, 0.3) is 0 Å². The second-order valence-electron chi connectivity index (χ2n) is 3.07. The minimum absolute atomic E-state index is 0.805. The summed E-state index contributed by atoms with van der Waals surface area (Å²) in [7, 11) is 2.00. The van der Waals surface area contributed by atoms with E-state index in [9.17, 15) is 0 Å². The first-order chi connectivity index (χ1) is 6.86. The van der Waals surface area contributed by atoms with Crippen LogP contribution in [0, 0.1) is 0 Å². The lowest BCUT2D eigenvalue weighted by Gasteiger charge is -2.02. The standard InChI is InChI=1S/C9H13N5/c1-14-7-6-10-8(14)2-3-11-9-12-4-5-13-9/h4-7H,2-3H2,1H3,(H2,11,12,13). The third kappa shape index (κ3) is 1.93. The zero-order valence-corrected chi connectivity index (χ0v) is 8.07. The van der Waals surface area contributed by atoms with Gasteiger partial charge in [-0.2, -0.15) is 0 Å². The number of rotatable bonds is 4. The number of aromatic amines is 1. The molecule has 2 N–H and O–H groups in total. The SMILES string of the molecule is Cn1ccnc1CCNc1ncc[nH]1. The van der Waals surface area contributed by atoms with E-state index in [4.69, 9.17) is 0 Å². The van der Waals surface area contributed by atoms with Crippen molar-refractivity contribution in [2.24, 2.45) is 7.05 Å². The Morgan fingerprint density at radius 2 is 2.36 bits per heavy atom. The summed E-state index contributed by atoms with van der Waals surface area (Å²) < 4.78 is 2.02. The Balaban J connectivity index is 1.81. The second-order valence-corrected chi connectivity index (χ2v) is 3.07. The van der Waals surface area contributed by atoms with Crippen LogP contribution in [0.3, 0.4) is 0 Å². The lowest BCUT2D eigenvalue weighted by molar-refractivity contribution is 0.787. The van der Waals surface area contributed by atoms with Crippen LogP contribution in [0.4, 0.5) is 5.95 Å². The maximum Gasteiger partial charge on any atom is 0.200 e. The van der Waals surface area contributed by atoms with E-state index in [0.29, 0.717) is 0 Å². The van der Waals surface area contributed by atoms with Crippen molar-refractivity contribution in [3.8, 4) is 0 Å². The van der Waals surface area contributed by atoms with E-state index in [2.05, 4.69) is 20.3 Å². The van der Waals surface area contributed by atoms with Gasteiger partial charge < -0.3 is 14.9 Å². The fourth-order valence-electron chi connectivity index (χ4n) is 1.29. The zero-order chi connectivity index (χ0) is 9.80. The fourth-order valence-corrected chi connectivity index (χ4v) is 1.29. The normalized spacial score (nSPS) is 10.4. The van der Waals surface area contributed by atoms with Gasteiger partial charge in [-0.25, -0.2) is 9.97 Å². The summed E-state index contributed by atoms with van der Waals surface area (Å²) in [5, 5.41) is 3.17. The van der Waals surface area contributed by atoms with Crippen molar-refractivity contribution >= 4 is 5.95 Å². The summed E-state index contributed by atoms with van der Waals surface area (Å²) >= 11 is 0. The van der Waals surface area contributed by atoms with Gasteiger partial charge in [0.05, 0.1) is 0 Å². The molecule has 0 radical (unpaired) electrons. The minimum Gasteiger partial charge on any atom is -0.355 e. The summed E-state index contributed by atoms with van der Waals surface area (Å²) in [5.41, 5.74) is 0. The Kier molecular flexibility index (Phi) is 2.48. The molecule has 2 rings (SSSR count). The largest absolute Gasteiger partial charge is 0.355 e. The molecule has 2 aromatic rings. The first kappa shape index (κ1) is 8.80. The maximum atomic E-state index is 4.23. The van der Waals surface area contributed by atoms with Gasteiger partial charge in [0, 0.05) is 44.8 Å². The number of H-pyrrole nitrogens is 1. The molecule has 5 nitrogen and oxygen atoms in total. The highest BCUT2D eigenvalue weighted by molar-refractivity contribution is 5.22. The van der Waals surface area contributed by atoms with E-state index in [1.54, 1.807) is 12.4 Å². The molecule has 0 saturated heterocycles. The number of nitrogens with zero attached hydrogens (tertiary/aromatic N) is 3. The van der Waals surface area contributed by atoms with Gasteiger partial charge >= 0.3 is 0 Å². The highest BCUT2D eigenvalue weighted by Gasteiger charge is 1.98. The molecule has 0 amide bonds. The van der Waals surface area contributed by atoms with Gasteiger partial charge in [-0.05, 0) is 0 Å². The topological polar surface area (TPSA) is 58.5 Å². The molecule has 0 aromatic carbocycles. The summed E-state index contributed by atoms with van der Waals surface area (Å²) in [4.78, 5) is 11.3. The highest BCUT2D eigenvalue weighted by Crippen LogP contribution is 1.98. The van der Waals surface area contributed by atoms with Crippen LogP contribution in [-0.2, 0) is 13.5 Å². The van der Waals surface area contributed by atoms with Crippen molar-refractivity contribution in [1.29, 1.82) is 0 Å². The van der Waals surface area contributed by atoms with Gasteiger partial charge in [-0.3, -0.25) is 0 Å². The monoisotopic (exact) mass is 191 g/mol. The second kappa shape index (κ2) is 3.95. The van der Waals surface area contributed by atoms with Crippen molar-refractivity contribution in [1.82, 2.24) is 19.5 Å². The highest BCUT2D eigenvalue weighted by atomic mass is 15.1. The van der Waals surface area contributed by atoms with E-state index in [0.717, 1.165) is 24.7 Å².